The summed E-state index contributed by atoms with van der Waals surface area (Å²) in [6, 6.07) is 15.7. The van der Waals surface area contributed by atoms with Crippen LogP contribution >= 0.6 is 0 Å². The third-order valence-electron chi connectivity index (χ3n) is 7.42. The van der Waals surface area contributed by atoms with Gasteiger partial charge in [-0.05, 0) is 49.7 Å². The Bertz CT molecular complexity index is 1820. The van der Waals surface area contributed by atoms with Gasteiger partial charge in [0.05, 0.1) is 31.3 Å². The molecule has 4 aromatic rings. The third-order valence-corrected chi connectivity index (χ3v) is 7.42. The number of imide groups is 1. The smallest absolute Gasteiger partial charge is 0.430 e. The molecule has 3 amide bonds. The van der Waals surface area contributed by atoms with Gasteiger partial charge in [0.1, 0.15) is 29.7 Å². The van der Waals surface area contributed by atoms with Gasteiger partial charge in [-0.1, -0.05) is 19.1 Å². The lowest BCUT2D eigenvalue weighted by atomic mass is 10.1. The molecule has 0 saturated carbocycles. The van der Waals surface area contributed by atoms with Gasteiger partial charge in [-0.2, -0.15) is 13.2 Å². The summed E-state index contributed by atoms with van der Waals surface area (Å²) in [6.45, 7) is 4.67. The van der Waals surface area contributed by atoms with Gasteiger partial charge >= 0.3 is 6.18 Å². The number of alkyl halides is 3. The molecule has 0 saturated heterocycles. The number of imidazole rings is 1. The predicted molar refractivity (Wildman–Crippen MR) is 158 cm³/mol. The normalized spacial score (nSPS) is 12.5. The molecule has 12 nitrogen and oxygen atoms in total. The van der Waals surface area contributed by atoms with Crippen molar-refractivity contribution >= 4 is 34.7 Å². The number of aromatic hydroxyl groups is 1. The Kier molecular flexibility index (Phi) is 10.2. The number of nitrogens with zero attached hydrogens (tertiary/aromatic N) is 5. The van der Waals surface area contributed by atoms with Crippen LogP contribution in [-0.4, -0.2) is 68.0 Å². The Morgan fingerprint density at radius 3 is 2.26 bits per heavy atom. The van der Waals surface area contributed by atoms with E-state index in [1.165, 1.54) is 9.80 Å². The fraction of sp³-hybridized carbons (Fsp3) is 0.312. The number of carboxylic acids is 1. The number of rotatable bonds is 9. The van der Waals surface area contributed by atoms with E-state index in [2.05, 4.69) is 16.5 Å². The summed E-state index contributed by atoms with van der Waals surface area (Å²) in [5.41, 5.74) is 3.82. The molecule has 47 heavy (non-hydrogen) atoms. The van der Waals surface area contributed by atoms with E-state index < -0.39 is 12.1 Å². The van der Waals surface area contributed by atoms with Crippen LogP contribution < -0.4 is 14.4 Å². The van der Waals surface area contributed by atoms with Gasteiger partial charge in [-0.3, -0.25) is 24.3 Å². The quantitative estimate of drug-likeness (QED) is 0.214. The highest BCUT2D eigenvalue weighted by Crippen LogP contribution is 2.27. The van der Waals surface area contributed by atoms with Gasteiger partial charge in [-0.25, -0.2) is 9.13 Å². The number of halogens is 3. The first-order valence-corrected chi connectivity index (χ1v) is 14.4. The maximum absolute atomic E-state index is 13.0. The van der Waals surface area contributed by atoms with Crippen LogP contribution in [0, 0.1) is 6.92 Å². The zero-order valence-electron chi connectivity index (χ0n) is 26.0. The summed E-state index contributed by atoms with van der Waals surface area (Å²) >= 11 is 0. The SMILES string of the molecule is CCCn1c(CN2C(=O)c3ccccc3C2=O)[n+](C)c2ccc(OCC(=O)N(C)Cc3nc(C)ccc3O)cc21.O=C([O-])C(F)(F)F. The van der Waals surface area contributed by atoms with E-state index in [4.69, 9.17) is 14.6 Å². The van der Waals surface area contributed by atoms with E-state index in [1.54, 1.807) is 49.5 Å². The summed E-state index contributed by atoms with van der Waals surface area (Å²) in [5.74, 6) is -2.49. The highest BCUT2D eigenvalue weighted by molar-refractivity contribution is 6.21. The zero-order valence-corrected chi connectivity index (χ0v) is 26.0. The Hall–Kier alpha value is -5.47. The van der Waals surface area contributed by atoms with E-state index in [9.17, 15) is 32.7 Å². The van der Waals surface area contributed by atoms with E-state index in [0.29, 0.717) is 29.1 Å². The number of carboxylic acid groups (broad SMARTS) is 1. The van der Waals surface area contributed by atoms with Crippen molar-refractivity contribution in [2.24, 2.45) is 7.05 Å². The first-order valence-electron chi connectivity index (χ1n) is 14.4. The molecule has 0 fully saturated rings. The van der Waals surface area contributed by atoms with Crippen LogP contribution in [0.3, 0.4) is 0 Å². The average molecular weight is 656 g/mol. The third kappa shape index (κ3) is 7.51. The Morgan fingerprint density at radius 2 is 1.68 bits per heavy atom. The van der Waals surface area contributed by atoms with Crippen molar-refractivity contribution in [3.8, 4) is 11.5 Å². The number of benzene rings is 2. The first-order chi connectivity index (χ1) is 22.1. The number of hydrogen-bond donors (Lipinski definition) is 1. The fourth-order valence-corrected chi connectivity index (χ4v) is 5.03. The van der Waals surface area contributed by atoms with Gasteiger partial charge in [0.2, 0.25) is 0 Å². The highest BCUT2D eigenvalue weighted by Gasteiger charge is 2.38. The Labute approximate surface area is 267 Å². The minimum Gasteiger partial charge on any atom is -0.542 e. The number of aromatic nitrogens is 3. The van der Waals surface area contributed by atoms with Crippen molar-refractivity contribution in [2.75, 3.05) is 13.7 Å². The Balaban J connectivity index is 0.000000644. The molecule has 0 bridgehead atoms. The minimum absolute atomic E-state index is 0.0400. The zero-order chi connectivity index (χ0) is 34.6. The average Bonchev–Trinajstić information content (AvgIpc) is 3.42. The monoisotopic (exact) mass is 655 g/mol. The molecule has 0 atom stereocenters. The minimum atomic E-state index is -5.19. The summed E-state index contributed by atoms with van der Waals surface area (Å²) < 4.78 is 41.5. The van der Waals surface area contributed by atoms with Crippen LogP contribution in [0.5, 0.6) is 11.5 Å². The molecule has 1 aliphatic rings. The summed E-state index contributed by atoms with van der Waals surface area (Å²) in [5, 5.41) is 18.8. The predicted octanol–water partition coefficient (Wildman–Crippen LogP) is 2.42. The van der Waals surface area contributed by atoms with Crippen LogP contribution in [-0.2, 0) is 36.3 Å². The molecule has 15 heteroatoms. The lowest BCUT2D eigenvalue weighted by Gasteiger charge is -2.18. The number of fused-ring (bicyclic) bond motifs is 2. The molecule has 2 aromatic carbocycles. The number of amides is 3. The van der Waals surface area contributed by atoms with Crippen molar-refractivity contribution in [3.63, 3.8) is 0 Å². The molecule has 3 heterocycles. The lowest BCUT2D eigenvalue weighted by molar-refractivity contribution is -0.654. The van der Waals surface area contributed by atoms with E-state index >= 15 is 0 Å². The van der Waals surface area contributed by atoms with Crippen LogP contribution in [0.4, 0.5) is 13.2 Å². The Morgan fingerprint density at radius 1 is 1.06 bits per heavy atom. The van der Waals surface area contributed by atoms with Crippen LogP contribution in [0.25, 0.3) is 11.0 Å². The van der Waals surface area contributed by atoms with Crippen molar-refractivity contribution in [1.82, 2.24) is 19.4 Å². The molecule has 0 radical (unpaired) electrons. The van der Waals surface area contributed by atoms with Crippen molar-refractivity contribution < 1.29 is 51.9 Å². The number of ether oxygens (including phenoxy) is 1. The molecule has 1 N–H and O–H groups in total. The second-order valence-corrected chi connectivity index (χ2v) is 10.8. The number of aliphatic carboxylic acids is 1. The number of carbonyl (C=O) groups is 4. The molecule has 0 aliphatic carbocycles. The van der Waals surface area contributed by atoms with Crippen molar-refractivity contribution in [3.05, 3.63) is 82.9 Å². The van der Waals surface area contributed by atoms with Crippen LogP contribution in [0.2, 0.25) is 0 Å². The van der Waals surface area contributed by atoms with Gasteiger partial charge in [0, 0.05) is 18.8 Å². The van der Waals surface area contributed by atoms with Gasteiger partial charge in [0.25, 0.3) is 23.5 Å². The molecule has 0 unspecified atom stereocenters. The number of likely N-dealkylation sites (N-methyl/N-ethyl adjacent to an activating group) is 1. The van der Waals surface area contributed by atoms with Gasteiger partial charge < -0.3 is 24.6 Å². The van der Waals surface area contributed by atoms with Crippen LogP contribution in [0.15, 0.2) is 54.6 Å². The topological polar surface area (TPSA) is 149 Å². The molecule has 0 spiro atoms. The largest absolute Gasteiger partial charge is 0.542 e. The summed E-state index contributed by atoms with van der Waals surface area (Å²) in [4.78, 5) is 54.7. The summed E-state index contributed by atoms with van der Waals surface area (Å²) in [6.07, 6.45) is -4.35. The second-order valence-electron chi connectivity index (χ2n) is 10.8. The first kappa shape index (κ1) is 34.4. The molecule has 1 aliphatic heterocycles. The van der Waals surface area contributed by atoms with Gasteiger partial charge in [-0.15, -0.1) is 0 Å². The number of pyridine rings is 1. The fourth-order valence-electron chi connectivity index (χ4n) is 5.03. The van der Waals surface area contributed by atoms with E-state index in [0.717, 1.165) is 29.0 Å². The standard InChI is InChI=1S/C30H31N5O5.C2HF3O2/c1-5-14-34-25-15-20(40-18-28(37)32(3)16-23-26(36)13-10-19(2)31-23)11-12-24(25)33(4)27(34)17-35-29(38)21-8-6-7-9-22(21)30(35)39;3-2(4,5)1(6)7/h6-13,15H,5,14,16-18H2,1-4H3;(H,6,7). The molecule has 2 aromatic heterocycles. The highest BCUT2D eigenvalue weighted by atomic mass is 19.4. The van der Waals surface area contributed by atoms with Crippen molar-refractivity contribution in [1.29, 1.82) is 0 Å². The second kappa shape index (κ2) is 13.9. The summed E-state index contributed by atoms with van der Waals surface area (Å²) in [7, 11) is 3.55. The van der Waals surface area contributed by atoms with Crippen LogP contribution in [0.1, 0.15) is 51.3 Å². The molecular formula is C32H32F3N5O7. The number of carbonyl (C=O) groups excluding carboxylic acids is 4. The van der Waals surface area contributed by atoms with Crippen molar-refractivity contribution in [2.45, 2.75) is 46.1 Å². The number of hydrogen-bond acceptors (Lipinski definition) is 8. The number of aryl methyl sites for hydroxylation is 3. The van der Waals surface area contributed by atoms with E-state index in [-0.39, 0.29) is 43.2 Å². The lowest BCUT2D eigenvalue weighted by Crippen LogP contribution is -2.39. The maximum Gasteiger partial charge on any atom is 0.430 e. The maximum atomic E-state index is 13.0. The molecular weight excluding hydrogens is 623 g/mol. The molecule has 248 valence electrons. The molecule has 5 rings (SSSR count). The van der Waals surface area contributed by atoms with Gasteiger partial charge in [0.15, 0.2) is 17.6 Å². The van der Waals surface area contributed by atoms with E-state index in [1.807, 2.05) is 30.7 Å².